The minimum absolute atomic E-state index is 0.151. The van der Waals surface area contributed by atoms with Gasteiger partial charge in [-0.25, -0.2) is 0 Å². The molecule has 110 heavy (non-hydrogen) atoms. The second-order valence-corrected chi connectivity index (χ2v) is 30.1. The predicted octanol–water partition coefficient (Wildman–Crippen LogP) is 27.8. The zero-order chi connectivity index (χ0) is 72.1. The van der Waals surface area contributed by atoms with E-state index in [4.69, 9.17) is 0 Å². The van der Waals surface area contributed by atoms with Crippen LogP contribution in [0, 0.1) is 0 Å². The minimum atomic E-state index is 0.151. The summed E-state index contributed by atoms with van der Waals surface area (Å²) in [6.45, 7) is 0. The molecule has 24 rings (SSSR count). The molecule has 512 valence electrons. The number of hydrogen-bond acceptors (Lipinski definition) is 0. The second kappa shape index (κ2) is 24.7. The number of hydrogen-bond donors (Lipinski definition) is 0. The molecule has 0 aliphatic heterocycles. The third kappa shape index (κ3) is 9.51. The smallest absolute Gasteiger partial charge is 0.0548 e. The fraction of sp³-hybridized carbons (Fsp3) is 0.0280. The van der Waals surface area contributed by atoms with E-state index < -0.39 is 0 Å². The molecule has 0 N–H and O–H groups in total. The maximum Gasteiger partial charge on any atom is 0.0548 e. The topological polar surface area (TPSA) is 14.8 Å². The first-order chi connectivity index (χ1) is 54.6. The van der Waals surface area contributed by atoms with Crippen LogP contribution in [0.15, 0.2) is 400 Å². The first-order valence-electron chi connectivity index (χ1n) is 38.5. The van der Waals surface area contributed by atoms with Crippen molar-refractivity contribution in [3.8, 4) is 72.7 Å². The highest BCUT2D eigenvalue weighted by atomic mass is 15.0. The summed E-state index contributed by atoms with van der Waals surface area (Å²) in [6.07, 6.45) is 0. The van der Waals surface area contributed by atoms with Gasteiger partial charge in [0.15, 0.2) is 0 Å². The van der Waals surface area contributed by atoms with Gasteiger partial charge in [0.2, 0.25) is 0 Å². The van der Waals surface area contributed by atoms with Crippen LogP contribution in [-0.2, 0) is 0 Å². The highest BCUT2D eigenvalue weighted by Gasteiger charge is 2.36. The standard InChI is InChI=1S/C54H35N.C53H34N2/c1-3-14-35(15-4-1)52-44-22-12-9-19-41(44)45-28-30-50-53(54(45)52)48-33-38(26-29-49(48)55(50)40-17-5-2-6-18-40)37-25-27-46-47(32-37)42-20-10-11-21-43(42)51(46)39-24-23-34-13-7-8-16-36(34)31-39;1-3-15-39(16-4-1)54-47-22-12-11-21-44(47)52-49(54)29-30-50-53(52)46-33-37(26-28-48(46)55(50)40-17-5-2-6-18-40)36-25-27-43-45(32-36)41-19-9-10-20-42(41)51(43)38-24-23-34-13-7-8-14-35(34)31-38/h1-33,51-52H;1-33,51H. The van der Waals surface area contributed by atoms with Crippen molar-refractivity contribution in [3.63, 3.8) is 0 Å². The number of rotatable bonds is 8. The number of benzene rings is 18. The van der Waals surface area contributed by atoms with E-state index in [0.717, 1.165) is 5.69 Å². The molecule has 21 aromatic rings. The molecule has 0 saturated carbocycles. The molecule has 3 heterocycles. The molecule has 18 aromatic carbocycles. The second-order valence-electron chi connectivity index (χ2n) is 30.1. The average molecular weight is 1400 g/mol. The van der Waals surface area contributed by atoms with E-state index in [1.54, 1.807) is 0 Å². The number of aromatic nitrogens is 3. The van der Waals surface area contributed by atoms with Crippen molar-refractivity contribution < 1.29 is 0 Å². The molecule has 0 bridgehead atoms. The fourth-order valence-electron chi connectivity index (χ4n) is 19.6. The summed E-state index contributed by atoms with van der Waals surface area (Å²) >= 11 is 0. The third-order valence-corrected chi connectivity index (χ3v) is 24.3. The van der Waals surface area contributed by atoms with Crippen molar-refractivity contribution >= 4 is 87.0 Å². The van der Waals surface area contributed by atoms with Crippen molar-refractivity contribution in [1.82, 2.24) is 13.7 Å². The quantitative estimate of drug-likeness (QED) is 0.144. The van der Waals surface area contributed by atoms with E-state index in [-0.39, 0.29) is 17.8 Å². The molecule has 0 spiro atoms. The Bertz CT molecular complexity index is 7340. The molecule has 3 aliphatic carbocycles. The van der Waals surface area contributed by atoms with E-state index in [1.165, 1.54) is 204 Å². The van der Waals surface area contributed by atoms with Crippen LogP contribution in [0.25, 0.3) is 160 Å². The Balaban J connectivity index is 0.000000132. The van der Waals surface area contributed by atoms with Crippen LogP contribution in [0.3, 0.4) is 0 Å². The van der Waals surface area contributed by atoms with Gasteiger partial charge in [0, 0.05) is 67.1 Å². The van der Waals surface area contributed by atoms with Crippen LogP contribution in [0.2, 0.25) is 0 Å². The summed E-state index contributed by atoms with van der Waals surface area (Å²) in [6, 6.07) is 149. The van der Waals surface area contributed by atoms with Crippen molar-refractivity contribution in [2.45, 2.75) is 17.8 Å². The van der Waals surface area contributed by atoms with Crippen LogP contribution in [0.5, 0.6) is 0 Å². The van der Waals surface area contributed by atoms with Gasteiger partial charge in [0.25, 0.3) is 0 Å². The average Bonchev–Trinajstić information content (AvgIpc) is 1.55. The van der Waals surface area contributed by atoms with Gasteiger partial charge in [-0.2, -0.15) is 0 Å². The maximum atomic E-state index is 2.47. The first-order valence-corrected chi connectivity index (χ1v) is 38.5. The van der Waals surface area contributed by atoms with Gasteiger partial charge in [-0.15, -0.1) is 0 Å². The molecule has 0 radical (unpaired) electrons. The minimum Gasteiger partial charge on any atom is -0.309 e. The van der Waals surface area contributed by atoms with Gasteiger partial charge in [-0.1, -0.05) is 303 Å². The lowest BCUT2D eigenvalue weighted by molar-refractivity contribution is 1.02. The molecule has 3 unspecified atom stereocenters. The Morgan fingerprint density at radius 1 is 0.173 bits per heavy atom. The predicted molar refractivity (Wildman–Crippen MR) is 460 cm³/mol. The third-order valence-electron chi connectivity index (χ3n) is 24.3. The molecule has 3 atom stereocenters. The highest BCUT2D eigenvalue weighted by Crippen LogP contribution is 2.56. The molecule has 3 heteroatoms. The SMILES string of the molecule is c1ccc(-n2c3ccccc3c3c4c5cc(-c6ccc7c(c6)-c6ccccc6C7c6ccc7ccccc7c6)ccc5n(-c5ccccc5)c4ccc32)cc1.c1ccc(C2c3ccccc3-c3ccc4c(c32)c2cc(-c3ccc5c(c3)-c3ccccc3C5c3ccc5ccccc5c3)ccc2n4-c2ccccc2)cc1. The highest BCUT2D eigenvalue weighted by molar-refractivity contribution is 6.29. The number of fused-ring (bicyclic) bond motifs is 22. The largest absolute Gasteiger partial charge is 0.309 e. The Morgan fingerprint density at radius 2 is 0.518 bits per heavy atom. The van der Waals surface area contributed by atoms with Gasteiger partial charge in [-0.3, -0.25) is 0 Å². The Kier molecular flexibility index (Phi) is 14.0. The summed E-state index contributed by atoms with van der Waals surface area (Å²) in [5, 5.41) is 12.8. The van der Waals surface area contributed by atoms with E-state index in [9.17, 15) is 0 Å². The lowest BCUT2D eigenvalue weighted by Crippen LogP contribution is -2.00. The monoisotopic (exact) mass is 1400 g/mol. The zero-order valence-electron chi connectivity index (χ0n) is 60.2. The zero-order valence-corrected chi connectivity index (χ0v) is 60.2. The molecule has 0 fully saturated rings. The molecule has 3 nitrogen and oxygen atoms in total. The fourth-order valence-corrected chi connectivity index (χ4v) is 19.6. The van der Waals surface area contributed by atoms with Crippen LogP contribution >= 0.6 is 0 Å². The molecule has 0 saturated heterocycles. The summed E-state index contributed by atoms with van der Waals surface area (Å²) in [4.78, 5) is 0. The molecular formula is C107H69N3. The summed E-state index contributed by atoms with van der Waals surface area (Å²) in [5.41, 5.74) is 36.0. The van der Waals surface area contributed by atoms with Gasteiger partial charge < -0.3 is 13.7 Å². The van der Waals surface area contributed by atoms with Crippen molar-refractivity contribution in [3.05, 3.63) is 450 Å². The van der Waals surface area contributed by atoms with Crippen molar-refractivity contribution in [2.75, 3.05) is 0 Å². The summed E-state index contributed by atoms with van der Waals surface area (Å²) in [7, 11) is 0. The lowest BCUT2D eigenvalue weighted by atomic mass is 9.86. The van der Waals surface area contributed by atoms with Crippen LogP contribution in [0.4, 0.5) is 0 Å². The normalized spacial score (nSPS) is 14.5. The molecule has 0 amide bonds. The number of para-hydroxylation sites is 4. The lowest BCUT2D eigenvalue weighted by Gasteiger charge is -2.16. The Hall–Kier alpha value is -14.1. The van der Waals surface area contributed by atoms with E-state index >= 15 is 0 Å². The molecule has 3 aromatic heterocycles. The van der Waals surface area contributed by atoms with Crippen LogP contribution in [-0.4, -0.2) is 13.7 Å². The summed E-state index contributed by atoms with van der Waals surface area (Å²) in [5.74, 6) is 0.555. The van der Waals surface area contributed by atoms with E-state index in [1.807, 2.05) is 0 Å². The Morgan fingerprint density at radius 3 is 1.03 bits per heavy atom. The Labute approximate surface area is 637 Å². The first kappa shape index (κ1) is 62.1. The van der Waals surface area contributed by atoms with Crippen molar-refractivity contribution in [1.29, 1.82) is 0 Å². The van der Waals surface area contributed by atoms with E-state index in [2.05, 4.69) is 414 Å². The number of nitrogens with zero attached hydrogens (tertiary/aromatic N) is 3. The van der Waals surface area contributed by atoms with Gasteiger partial charge in [0.05, 0.1) is 33.1 Å². The molecular weight excluding hydrogens is 1330 g/mol. The maximum absolute atomic E-state index is 2.47. The van der Waals surface area contributed by atoms with Crippen molar-refractivity contribution in [2.24, 2.45) is 0 Å². The van der Waals surface area contributed by atoms with Crippen LogP contribution < -0.4 is 0 Å². The van der Waals surface area contributed by atoms with E-state index in [0.29, 0.717) is 0 Å². The molecule has 3 aliphatic rings. The van der Waals surface area contributed by atoms with Gasteiger partial charge >= 0.3 is 0 Å². The summed E-state index contributed by atoms with van der Waals surface area (Å²) < 4.78 is 7.33. The van der Waals surface area contributed by atoms with Gasteiger partial charge in [0.1, 0.15) is 0 Å². The van der Waals surface area contributed by atoms with Gasteiger partial charge in [-0.05, 0) is 224 Å². The van der Waals surface area contributed by atoms with Crippen LogP contribution in [0.1, 0.15) is 67.8 Å².